The lowest BCUT2D eigenvalue weighted by Gasteiger charge is -2.27. The van der Waals surface area contributed by atoms with Gasteiger partial charge < -0.3 is 23.7 Å². The average molecular weight is 457 g/mol. The summed E-state index contributed by atoms with van der Waals surface area (Å²) in [4.78, 5) is 32.3. The molecule has 0 bridgehead atoms. The van der Waals surface area contributed by atoms with Crippen molar-refractivity contribution in [3.05, 3.63) is 96.0 Å². The fraction of sp³-hybridized carbons (Fsp3) is 0.192. The number of ketones is 1. The molecule has 0 spiro atoms. The summed E-state index contributed by atoms with van der Waals surface area (Å²) in [5, 5.41) is 11.6. The van der Waals surface area contributed by atoms with Crippen molar-refractivity contribution in [1.29, 1.82) is 0 Å². The van der Waals surface area contributed by atoms with Gasteiger partial charge in [0.25, 0.3) is 5.91 Å². The number of hydrogen-bond acceptors (Lipinski definition) is 6. The standard InChI is InChI=1S/C26H23N3O5/c1-33-19-8-4-7-18(14-19)23-22(24(30)21-15-17-6-2-3-9-20(17)34-21)25(31)26(32)29(23)12-5-11-28-13-10-27-16-28/h2-4,6-10,13-16,23,31H,5,11-12H2,1H3. The molecule has 3 heterocycles. The van der Waals surface area contributed by atoms with E-state index in [0.717, 1.165) is 5.39 Å². The van der Waals surface area contributed by atoms with Gasteiger partial charge in [0.15, 0.2) is 11.5 Å². The van der Waals surface area contributed by atoms with Gasteiger partial charge in [-0.1, -0.05) is 30.3 Å². The van der Waals surface area contributed by atoms with Crippen molar-refractivity contribution in [1.82, 2.24) is 14.5 Å². The number of aromatic nitrogens is 2. The molecule has 34 heavy (non-hydrogen) atoms. The molecule has 2 aromatic carbocycles. The normalized spacial score (nSPS) is 16.0. The maximum Gasteiger partial charge on any atom is 0.290 e. The van der Waals surface area contributed by atoms with E-state index in [9.17, 15) is 14.7 Å². The first-order chi connectivity index (χ1) is 16.6. The third kappa shape index (κ3) is 3.83. The predicted octanol–water partition coefficient (Wildman–Crippen LogP) is 4.31. The molecule has 1 N–H and O–H groups in total. The number of aliphatic hydroxyl groups excluding tert-OH is 1. The van der Waals surface area contributed by atoms with Crippen molar-refractivity contribution in [2.45, 2.75) is 19.0 Å². The van der Waals surface area contributed by atoms with Gasteiger partial charge in [-0.25, -0.2) is 4.98 Å². The zero-order valence-corrected chi connectivity index (χ0v) is 18.5. The Kier molecular flexibility index (Phi) is 5.63. The summed E-state index contributed by atoms with van der Waals surface area (Å²) in [6, 6.07) is 15.3. The number of para-hydroxylation sites is 1. The van der Waals surface area contributed by atoms with Crippen LogP contribution in [0.3, 0.4) is 0 Å². The van der Waals surface area contributed by atoms with Crippen LogP contribution in [0.1, 0.15) is 28.6 Å². The molecule has 0 saturated heterocycles. The number of methoxy groups -OCH3 is 1. The number of carbonyl (C=O) groups excluding carboxylic acids is 2. The number of rotatable bonds is 8. The highest BCUT2D eigenvalue weighted by Crippen LogP contribution is 2.40. The molecule has 0 radical (unpaired) electrons. The van der Waals surface area contributed by atoms with Crippen LogP contribution in [0.15, 0.2) is 89.1 Å². The van der Waals surface area contributed by atoms with E-state index < -0.39 is 23.5 Å². The second kappa shape index (κ2) is 8.90. The highest BCUT2D eigenvalue weighted by Gasteiger charge is 2.44. The van der Waals surface area contributed by atoms with Crippen molar-refractivity contribution in [3.63, 3.8) is 0 Å². The molecule has 0 fully saturated rings. The number of aliphatic hydroxyl groups is 1. The minimum atomic E-state index is -0.772. The summed E-state index contributed by atoms with van der Waals surface area (Å²) in [6.07, 6.45) is 5.86. The molecule has 1 amide bonds. The minimum Gasteiger partial charge on any atom is -0.503 e. The van der Waals surface area contributed by atoms with Gasteiger partial charge in [-0.3, -0.25) is 9.59 Å². The van der Waals surface area contributed by atoms with Crippen LogP contribution < -0.4 is 4.74 Å². The number of carbonyl (C=O) groups is 2. The van der Waals surface area contributed by atoms with Crippen molar-refractivity contribution in [2.24, 2.45) is 0 Å². The van der Waals surface area contributed by atoms with Crippen LogP contribution in [0.2, 0.25) is 0 Å². The van der Waals surface area contributed by atoms with Gasteiger partial charge >= 0.3 is 0 Å². The smallest absolute Gasteiger partial charge is 0.290 e. The van der Waals surface area contributed by atoms with Crippen LogP contribution in [-0.4, -0.2) is 44.9 Å². The lowest BCUT2D eigenvalue weighted by Crippen LogP contribution is -2.32. The van der Waals surface area contributed by atoms with E-state index in [-0.39, 0.29) is 11.3 Å². The van der Waals surface area contributed by atoms with E-state index in [0.29, 0.717) is 36.4 Å². The Morgan fingerprint density at radius 3 is 2.76 bits per heavy atom. The van der Waals surface area contributed by atoms with Crippen molar-refractivity contribution in [2.75, 3.05) is 13.7 Å². The molecule has 1 unspecified atom stereocenters. The molecule has 172 valence electrons. The second-order valence-electron chi connectivity index (χ2n) is 8.07. The van der Waals surface area contributed by atoms with Gasteiger partial charge in [0, 0.05) is 30.9 Å². The molecular formula is C26H23N3O5. The first-order valence-corrected chi connectivity index (χ1v) is 10.9. The molecule has 0 aliphatic carbocycles. The maximum atomic E-state index is 13.6. The summed E-state index contributed by atoms with van der Waals surface area (Å²) >= 11 is 0. The zero-order valence-electron chi connectivity index (χ0n) is 18.5. The Morgan fingerprint density at radius 1 is 1.15 bits per heavy atom. The van der Waals surface area contributed by atoms with Crippen LogP contribution in [0, 0.1) is 0 Å². The van der Waals surface area contributed by atoms with Crippen LogP contribution >= 0.6 is 0 Å². The van der Waals surface area contributed by atoms with Gasteiger partial charge in [0.2, 0.25) is 5.78 Å². The van der Waals surface area contributed by atoms with Gasteiger partial charge in [0.05, 0.1) is 25.1 Å². The number of Topliss-reactive ketones (excluding diaryl/α,β-unsaturated/α-hetero) is 1. The van der Waals surface area contributed by atoms with E-state index in [1.807, 2.05) is 35.0 Å². The summed E-state index contributed by atoms with van der Waals surface area (Å²) in [5.41, 5.74) is 1.23. The zero-order chi connectivity index (χ0) is 23.7. The maximum absolute atomic E-state index is 13.6. The first-order valence-electron chi connectivity index (χ1n) is 10.9. The second-order valence-corrected chi connectivity index (χ2v) is 8.07. The van der Waals surface area contributed by atoms with Gasteiger partial charge in [-0.15, -0.1) is 0 Å². The fourth-order valence-electron chi connectivity index (χ4n) is 4.34. The number of furan rings is 1. The Hall–Kier alpha value is -4.33. The molecular weight excluding hydrogens is 434 g/mol. The molecule has 8 nitrogen and oxygen atoms in total. The highest BCUT2D eigenvalue weighted by atomic mass is 16.5. The van der Waals surface area contributed by atoms with E-state index in [1.165, 1.54) is 4.90 Å². The van der Waals surface area contributed by atoms with Gasteiger partial charge in [0.1, 0.15) is 11.3 Å². The van der Waals surface area contributed by atoms with Crippen LogP contribution in [0.5, 0.6) is 5.75 Å². The van der Waals surface area contributed by atoms with E-state index in [1.54, 1.807) is 50.0 Å². The summed E-state index contributed by atoms with van der Waals surface area (Å²) < 4.78 is 13.0. The Labute approximate surface area is 195 Å². The molecule has 8 heteroatoms. The van der Waals surface area contributed by atoms with E-state index >= 15 is 0 Å². The topological polar surface area (TPSA) is 97.8 Å². The number of benzene rings is 2. The quantitative estimate of drug-likeness (QED) is 0.396. The number of hydrogen-bond donors (Lipinski definition) is 1. The number of ether oxygens (including phenoxy) is 1. The van der Waals surface area contributed by atoms with Crippen molar-refractivity contribution >= 4 is 22.7 Å². The predicted molar refractivity (Wildman–Crippen MR) is 124 cm³/mol. The molecule has 1 aliphatic rings. The van der Waals surface area contributed by atoms with Gasteiger partial charge in [-0.05, 0) is 36.2 Å². The largest absolute Gasteiger partial charge is 0.503 e. The highest BCUT2D eigenvalue weighted by molar-refractivity contribution is 6.16. The number of amides is 1. The molecule has 1 atom stereocenters. The summed E-state index contributed by atoms with van der Waals surface area (Å²) in [5.74, 6) is -1.00. The monoisotopic (exact) mass is 457 g/mol. The number of fused-ring (bicyclic) bond motifs is 1. The molecule has 4 aromatic rings. The number of nitrogens with zero attached hydrogens (tertiary/aromatic N) is 3. The van der Waals surface area contributed by atoms with Gasteiger partial charge in [-0.2, -0.15) is 0 Å². The van der Waals surface area contributed by atoms with Crippen molar-refractivity contribution in [3.8, 4) is 5.75 Å². The first kappa shape index (κ1) is 21.5. The Balaban J connectivity index is 1.51. The third-order valence-corrected chi connectivity index (χ3v) is 5.98. The number of aryl methyl sites for hydroxylation is 1. The van der Waals surface area contributed by atoms with Crippen molar-refractivity contribution < 1.29 is 23.8 Å². The van der Waals surface area contributed by atoms with Crippen LogP contribution in [0.4, 0.5) is 0 Å². The van der Waals surface area contributed by atoms with Crippen LogP contribution in [-0.2, 0) is 11.3 Å². The Morgan fingerprint density at radius 2 is 2.00 bits per heavy atom. The lowest BCUT2D eigenvalue weighted by atomic mass is 9.94. The Bertz CT molecular complexity index is 1350. The lowest BCUT2D eigenvalue weighted by molar-refractivity contribution is -0.129. The van der Waals surface area contributed by atoms with E-state index in [2.05, 4.69) is 4.98 Å². The molecule has 0 saturated carbocycles. The average Bonchev–Trinajstić information content (AvgIpc) is 3.59. The fourth-order valence-corrected chi connectivity index (χ4v) is 4.34. The molecule has 2 aromatic heterocycles. The minimum absolute atomic E-state index is 0.0000555. The molecule has 1 aliphatic heterocycles. The summed E-state index contributed by atoms with van der Waals surface area (Å²) in [6.45, 7) is 0.974. The number of imidazole rings is 1. The SMILES string of the molecule is COc1cccc(C2C(C(=O)c3cc4ccccc4o3)=C(O)C(=O)N2CCCn2ccnc2)c1. The molecule has 5 rings (SSSR count). The third-order valence-electron chi connectivity index (χ3n) is 5.98. The van der Waals surface area contributed by atoms with Crippen LogP contribution in [0.25, 0.3) is 11.0 Å². The summed E-state index contributed by atoms with van der Waals surface area (Å²) in [7, 11) is 1.55. The van der Waals surface area contributed by atoms with E-state index in [4.69, 9.17) is 9.15 Å².